The summed E-state index contributed by atoms with van der Waals surface area (Å²) in [6, 6.07) is 7.19. The number of guanidine groups is 1. The Labute approximate surface area is 148 Å². The minimum Gasteiger partial charge on any atom is -0.385 e. The summed E-state index contributed by atoms with van der Waals surface area (Å²) in [6.45, 7) is 4.80. The van der Waals surface area contributed by atoms with Crippen molar-refractivity contribution >= 4 is 35.8 Å². The quantitative estimate of drug-likeness (QED) is 0.257. The molecule has 0 bridgehead atoms. The highest BCUT2D eigenvalue weighted by Crippen LogP contribution is 2.05. The Morgan fingerprint density at radius 3 is 2.77 bits per heavy atom. The van der Waals surface area contributed by atoms with Gasteiger partial charge in [-0.15, -0.1) is 24.0 Å². The van der Waals surface area contributed by atoms with E-state index in [0.29, 0.717) is 18.7 Å². The third-order valence-corrected chi connectivity index (χ3v) is 2.79. The molecule has 0 atom stereocenters. The molecule has 1 amide bonds. The van der Waals surface area contributed by atoms with E-state index in [1.54, 1.807) is 19.2 Å². The van der Waals surface area contributed by atoms with Gasteiger partial charge in [0.2, 0.25) is 5.91 Å². The largest absolute Gasteiger partial charge is 0.385 e. The van der Waals surface area contributed by atoms with Crippen molar-refractivity contribution in [1.29, 1.82) is 0 Å². The zero-order chi connectivity index (χ0) is 15.5. The first-order valence-corrected chi connectivity index (χ1v) is 7.07. The van der Waals surface area contributed by atoms with E-state index in [1.165, 1.54) is 0 Å². The standard InChI is InChI=1S/C15H24N4O2.HI/c1-3-17-15(18-8-5-9-21-2)19-11-12-6-4-7-13(10-12)14(16)20;/h4,6-7,10H,3,5,8-9,11H2,1-2H3,(H2,16,20)(H2,17,18,19);1H. The predicted octanol–water partition coefficient (Wildman–Crippen LogP) is 1.50. The van der Waals surface area contributed by atoms with Crippen molar-refractivity contribution in [1.82, 2.24) is 10.6 Å². The first-order chi connectivity index (χ1) is 10.2. The Balaban J connectivity index is 0.00000441. The van der Waals surface area contributed by atoms with Gasteiger partial charge in [0.05, 0.1) is 6.54 Å². The molecule has 1 rings (SSSR count). The summed E-state index contributed by atoms with van der Waals surface area (Å²) in [4.78, 5) is 15.6. The summed E-state index contributed by atoms with van der Waals surface area (Å²) in [5.74, 6) is 0.323. The van der Waals surface area contributed by atoms with Crippen LogP contribution in [-0.2, 0) is 11.3 Å². The molecule has 0 spiro atoms. The highest BCUT2D eigenvalue weighted by molar-refractivity contribution is 14.0. The molecule has 0 aliphatic heterocycles. The summed E-state index contributed by atoms with van der Waals surface area (Å²) < 4.78 is 5.00. The van der Waals surface area contributed by atoms with Gasteiger partial charge in [0.25, 0.3) is 0 Å². The fourth-order valence-corrected chi connectivity index (χ4v) is 1.76. The summed E-state index contributed by atoms with van der Waals surface area (Å²) in [5.41, 5.74) is 6.71. The lowest BCUT2D eigenvalue weighted by Crippen LogP contribution is -2.38. The van der Waals surface area contributed by atoms with Crippen LogP contribution in [0.3, 0.4) is 0 Å². The van der Waals surface area contributed by atoms with Gasteiger partial charge in [-0.3, -0.25) is 4.79 Å². The minimum atomic E-state index is -0.426. The molecule has 0 radical (unpaired) electrons. The van der Waals surface area contributed by atoms with E-state index in [1.807, 2.05) is 19.1 Å². The van der Waals surface area contributed by atoms with Gasteiger partial charge in [0.15, 0.2) is 5.96 Å². The summed E-state index contributed by atoms with van der Waals surface area (Å²) in [7, 11) is 1.69. The fraction of sp³-hybridized carbons (Fsp3) is 0.467. The van der Waals surface area contributed by atoms with Gasteiger partial charge in [-0.2, -0.15) is 0 Å². The SMILES string of the molecule is CCNC(=NCc1cccc(C(N)=O)c1)NCCCOC.I. The average Bonchev–Trinajstić information content (AvgIpc) is 2.49. The average molecular weight is 420 g/mol. The molecule has 0 aliphatic carbocycles. The number of methoxy groups -OCH3 is 1. The Morgan fingerprint density at radius 2 is 2.14 bits per heavy atom. The highest BCUT2D eigenvalue weighted by Gasteiger charge is 2.01. The number of rotatable bonds is 8. The second-order valence-electron chi connectivity index (χ2n) is 4.53. The van der Waals surface area contributed by atoms with Gasteiger partial charge >= 0.3 is 0 Å². The van der Waals surface area contributed by atoms with Gasteiger partial charge in [0, 0.05) is 32.4 Å². The van der Waals surface area contributed by atoms with E-state index in [4.69, 9.17) is 10.5 Å². The number of halogens is 1. The predicted molar refractivity (Wildman–Crippen MR) is 99.7 cm³/mol. The molecular weight excluding hydrogens is 395 g/mol. The number of hydrogen-bond donors (Lipinski definition) is 3. The number of nitrogens with one attached hydrogen (secondary N) is 2. The molecule has 0 unspecified atom stereocenters. The van der Waals surface area contributed by atoms with Gasteiger partial charge in [-0.05, 0) is 31.0 Å². The van der Waals surface area contributed by atoms with E-state index < -0.39 is 5.91 Å². The first kappa shape index (κ1) is 20.6. The second kappa shape index (κ2) is 12.2. The van der Waals surface area contributed by atoms with Crippen LogP contribution in [0.2, 0.25) is 0 Å². The number of carbonyl (C=O) groups excluding carboxylic acids is 1. The lowest BCUT2D eigenvalue weighted by Gasteiger charge is -2.11. The van der Waals surface area contributed by atoms with Crippen LogP contribution in [0.15, 0.2) is 29.3 Å². The van der Waals surface area contributed by atoms with E-state index in [0.717, 1.165) is 31.0 Å². The van der Waals surface area contributed by atoms with Crippen molar-refractivity contribution in [3.63, 3.8) is 0 Å². The number of nitrogens with zero attached hydrogens (tertiary/aromatic N) is 1. The maximum absolute atomic E-state index is 11.1. The summed E-state index contributed by atoms with van der Waals surface area (Å²) >= 11 is 0. The zero-order valence-electron chi connectivity index (χ0n) is 13.1. The van der Waals surface area contributed by atoms with Crippen LogP contribution in [0.1, 0.15) is 29.3 Å². The molecule has 0 saturated heterocycles. The van der Waals surface area contributed by atoms with Gasteiger partial charge in [-0.1, -0.05) is 12.1 Å². The van der Waals surface area contributed by atoms with Crippen LogP contribution in [0.25, 0.3) is 0 Å². The fourth-order valence-electron chi connectivity index (χ4n) is 1.76. The summed E-state index contributed by atoms with van der Waals surface area (Å²) in [6.07, 6.45) is 0.915. The second-order valence-corrected chi connectivity index (χ2v) is 4.53. The number of amides is 1. The Morgan fingerprint density at radius 1 is 1.36 bits per heavy atom. The number of carbonyl (C=O) groups is 1. The van der Waals surface area contributed by atoms with Crippen LogP contribution in [0.4, 0.5) is 0 Å². The molecule has 0 heterocycles. The van der Waals surface area contributed by atoms with Crippen LogP contribution < -0.4 is 16.4 Å². The van der Waals surface area contributed by atoms with Crippen molar-refractivity contribution in [3.8, 4) is 0 Å². The number of ether oxygens (including phenoxy) is 1. The molecule has 7 heteroatoms. The zero-order valence-corrected chi connectivity index (χ0v) is 15.4. The number of nitrogens with two attached hydrogens (primary N) is 1. The maximum atomic E-state index is 11.1. The third kappa shape index (κ3) is 8.18. The van der Waals surface area contributed by atoms with Crippen LogP contribution in [0, 0.1) is 0 Å². The molecule has 0 saturated carbocycles. The Hall–Kier alpha value is -1.35. The number of benzene rings is 1. The molecule has 0 fully saturated rings. The van der Waals surface area contributed by atoms with Gasteiger partial charge in [0.1, 0.15) is 0 Å². The number of primary amides is 1. The topological polar surface area (TPSA) is 88.7 Å². The monoisotopic (exact) mass is 420 g/mol. The summed E-state index contributed by atoms with van der Waals surface area (Å²) in [5, 5.41) is 6.40. The van der Waals surface area contributed by atoms with Crippen LogP contribution in [0.5, 0.6) is 0 Å². The number of aliphatic imine (C=N–C) groups is 1. The van der Waals surface area contributed by atoms with E-state index in [9.17, 15) is 4.79 Å². The molecule has 22 heavy (non-hydrogen) atoms. The Bertz CT molecular complexity index is 480. The minimum absolute atomic E-state index is 0. The lowest BCUT2D eigenvalue weighted by atomic mass is 10.1. The normalized spacial score (nSPS) is 10.7. The Kier molecular flexibility index (Phi) is 11.5. The molecule has 0 aliphatic rings. The van der Waals surface area contributed by atoms with Gasteiger partial charge in [-0.25, -0.2) is 4.99 Å². The molecule has 6 nitrogen and oxygen atoms in total. The van der Waals surface area contributed by atoms with Crippen LogP contribution >= 0.6 is 24.0 Å². The molecular formula is C15H25IN4O2. The molecule has 4 N–H and O–H groups in total. The van der Waals surface area contributed by atoms with Crippen molar-refractivity contribution in [2.45, 2.75) is 19.9 Å². The van der Waals surface area contributed by atoms with E-state index in [-0.39, 0.29) is 24.0 Å². The molecule has 1 aromatic carbocycles. The van der Waals surface area contributed by atoms with Crippen molar-refractivity contribution in [2.75, 3.05) is 26.8 Å². The van der Waals surface area contributed by atoms with Crippen molar-refractivity contribution in [3.05, 3.63) is 35.4 Å². The molecule has 124 valence electrons. The van der Waals surface area contributed by atoms with Crippen molar-refractivity contribution in [2.24, 2.45) is 10.7 Å². The first-order valence-electron chi connectivity index (χ1n) is 7.07. The highest BCUT2D eigenvalue weighted by atomic mass is 127. The maximum Gasteiger partial charge on any atom is 0.248 e. The van der Waals surface area contributed by atoms with E-state index >= 15 is 0 Å². The third-order valence-electron chi connectivity index (χ3n) is 2.79. The van der Waals surface area contributed by atoms with E-state index in [2.05, 4.69) is 15.6 Å². The number of hydrogen-bond acceptors (Lipinski definition) is 3. The lowest BCUT2D eigenvalue weighted by molar-refractivity contribution is 0.1000. The van der Waals surface area contributed by atoms with Crippen molar-refractivity contribution < 1.29 is 9.53 Å². The van der Waals surface area contributed by atoms with Crippen LogP contribution in [-0.4, -0.2) is 38.7 Å². The molecule has 1 aromatic rings. The molecule has 0 aromatic heterocycles. The smallest absolute Gasteiger partial charge is 0.248 e. The van der Waals surface area contributed by atoms with Gasteiger partial charge < -0.3 is 21.1 Å².